The highest BCUT2D eigenvalue weighted by Gasteiger charge is 2.34. The molecule has 0 radical (unpaired) electrons. The minimum absolute atomic E-state index is 0.0904. The van der Waals surface area contributed by atoms with Crippen LogP contribution in [0.3, 0.4) is 0 Å². The Labute approximate surface area is 188 Å². The van der Waals surface area contributed by atoms with E-state index < -0.39 is 0 Å². The highest BCUT2D eigenvalue weighted by molar-refractivity contribution is 5.48. The van der Waals surface area contributed by atoms with Gasteiger partial charge in [0.1, 0.15) is 0 Å². The summed E-state index contributed by atoms with van der Waals surface area (Å²) in [4.78, 5) is 2.57. The summed E-state index contributed by atoms with van der Waals surface area (Å²) in [6.45, 7) is 6.23. The molecule has 0 aromatic carbocycles. The lowest BCUT2D eigenvalue weighted by Crippen LogP contribution is -2.33. The predicted molar refractivity (Wildman–Crippen MR) is 128 cm³/mol. The second-order valence-corrected chi connectivity index (χ2v) is 10.7. The van der Waals surface area contributed by atoms with Crippen LogP contribution in [0.1, 0.15) is 78.1 Å². The number of likely N-dealkylation sites (tertiary alicyclic amines) is 1. The van der Waals surface area contributed by atoms with E-state index in [1.165, 1.54) is 53.7 Å². The van der Waals surface area contributed by atoms with Gasteiger partial charge in [0.15, 0.2) is 0 Å². The molecule has 1 aliphatic heterocycles. The molecule has 2 N–H and O–H groups in total. The minimum atomic E-state index is -0.180. The standard InChI is InChI=1S/C28H39FN2/c1-21-9-10-27(21)25(17-30)16-26-15-24(8-4-7-22-5-3-6-22)19-31(26)18-23-11-13-28(2,20-29)14-12-23/h7,16-17,23-24H,3,5-6,9-15,18-20,30H2,1-2H3/b25-17+,26-16+. The van der Waals surface area contributed by atoms with Crippen LogP contribution in [0.25, 0.3) is 0 Å². The molecule has 0 aromatic rings. The van der Waals surface area contributed by atoms with Gasteiger partial charge in [0.2, 0.25) is 0 Å². The lowest BCUT2D eigenvalue weighted by molar-refractivity contribution is 0.116. The van der Waals surface area contributed by atoms with Gasteiger partial charge in [-0.3, -0.25) is 4.39 Å². The zero-order valence-electron chi connectivity index (χ0n) is 19.5. The van der Waals surface area contributed by atoms with Crippen molar-refractivity contribution in [2.75, 3.05) is 19.8 Å². The van der Waals surface area contributed by atoms with Crippen LogP contribution in [-0.2, 0) is 0 Å². The van der Waals surface area contributed by atoms with Crippen LogP contribution in [0.4, 0.5) is 4.39 Å². The summed E-state index contributed by atoms with van der Waals surface area (Å²) in [6, 6.07) is 0. The van der Waals surface area contributed by atoms with Crippen molar-refractivity contribution in [3.8, 4) is 11.8 Å². The van der Waals surface area contributed by atoms with Crippen molar-refractivity contribution in [3.05, 3.63) is 46.3 Å². The topological polar surface area (TPSA) is 29.3 Å². The van der Waals surface area contributed by atoms with Crippen molar-refractivity contribution < 1.29 is 4.39 Å². The van der Waals surface area contributed by atoms with Gasteiger partial charge in [-0.2, -0.15) is 0 Å². The molecule has 3 fully saturated rings. The summed E-state index contributed by atoms with van der Waals surface area (Å²) in [7, 11) is 0. The molecule has 2 saturated carbocycles. The zero-order chi connectivity index (χ0) is 21.8. The second-order valence-electron chi connectivity index (χ2n) is 10.7. The first-order valence-corrected chi connectivity index (χ1v) is 12.3. The van der Waals surface area contributed by atoms with Crippen LogP contribution in [-0.4, -0.2) is 24.7 Å². The van der Waals surface area contributed by atoms with Crippen LogP contribution in [0.5, 0.6) is 0 Å². The van der Waals surface area contributed by atoms with Gasteiger partial charge in [-0.1, -0.05) is 29.9 Å². The number of nitrogens with two attached hydrogens (primary N) is 1. The first-order valence-electron chi connectivity index (χ1n) is 12.3. The van der Waals surface area contributed by atoms with Gasteiger partial charge in [0.25, 0.3) is 0 Å². The smallest absolute Gasteiger partial charge is 0.0947 e. The molecular formula is C28H39FN2. The Bertz CT molecular complexity index is 849. The molecule has 0 amide bonds. The van der Waals surface area contributed by atoms with Gasteiger partial charge in [0.05, 0.1) is 6.67 Å². The van der Waals surface area contributed by atoms with E-state index in [0.29, 0.717) is 11.8 Å². The molecule has 0 spiro atoms. The number of halogens is 1. The fourth-order valence-electron chi connectivity index (χ4n) is 5.36. The maximum atomic E-state index is 13.4. The summed E-state index contributed by atoms with van der Waals surface area (Å²) in [5.74, 6) is 7.93. The first-order chi connectivity index (χ1) is 15.0. The third-order valence-electron chi connectivity index (χ3n) is 8.09. The van der Waals surface area contributed by atoms with Crippen LogP contribution < -0.4 is 5.73 Å². The summed E-state index contributed by atoms with van der Waals surface area (Å²) in [5.41, 5.74) is 12.9. The van der Waals surface area contributed by atoms with Crippen LogP contribution in [0.15, 0.2) is 46.3 Å². The molecule has 168 valence electrons. The number of rotatable bonds is 5. The van der Waals surface area contributed by atoms with Crippen molar-refractivity contribution in [2.24, 2.45) is 23.0 Å². The maximum absolute atomic E-state index is 13.4. The Morgan fingerprint density at radius 3 is 2.55 bits per heavy atom. The Kier molecular flexibility index (Phi) is 6.95. The molecule has 4 rings (SSSR count). The molecule has 31 heavy (non-hydrogen) atoms. The van der Waals surface area contributed by atoms with E-state index in [-0.39, 0.29) is 12.1 Å². The van der Waals surface area contributed by atoms with Gasteiger partial charge in [-0.15, -0.1) is 0 Å². The Morgan fingerprint density at radius 2 is 2.00 bits per heavy atom. The average molecular weight is 423 g/mol. The number of nitrogens with zero attached hydrogens (tertiary/aromatic N) is 1. The number of alkyl halides is 1. The lowest BCUT2D eigenvalue weighted by atomic mass is 9.72. The third-order valence-corrected chi connectivity index (χ3v) is 8.09. The van der Waals surface area contributed by atoms with Gasteiger partial charge in [-0.25, -0.2) is 0 Å². The fraction of sp³-hybridized carbons (Fsp3) is 0.643. The fourth-order valence-corrected chi connectivity index (χ4v) is 5.36. The molecule has 1 heterocycles. The lowest BCUT2D eigenvalue weighted by Gasteiger charge is -2.37. The van der Waals surface area contributed by atoms with E-state index in [9.17, 15) is 4.39 Å². The first kappa shape index (κ1) is 22.3. The highest BCUT2D eigenvalue weighted by atomic mass is 19.1. The monoisotopic (exact) mass is 422 g/mol. The van der Waals surface area contributed by atoms with Crippen LogP contribution in [0, 0.1) is 29.1 Å². The van der Waals surface area contributed by atoms with E-state index in [0.717, 1.165) is 51.6 Å². The van der Waals surface area contributed by atoms with E-state index in [4.69, 9.17) is 5.73 Å². The van der Waals surface area contributed by atoms with E-state index in [1.807, 2.05) is 0 Å². The maximum Gasteiger partial charge on any atom is 0.0947 e. The van der Waals surface area contributed by atoms with Crippen LogP contribution in [0.2, 0.25) is 0 Å². The van der Waals surface area contributed by atoms with Crippen molar-refractivity contribution in [3.63, 3.8) is 0 Å². The molecule has 4 aliphatic rings. The quantitative estimate of drug-likeness (QED) is 0.518. The summed E-state index contributed by atoms with van der Waals surface area (Å²) >= 11 is 0. The molecule has 1 unspecified atom stereocenters. The predicted octanol–water partition coefficient (Wildman–Crippen LogP) is 6.42. The molecule has 3 heteroatoms. The molecule has 0 aromatic heterocycles. The highest BCUT2D eigenvalue weighted by Crippen LogP contribution is 2.41. The summed E-state index contributed by atoms with van der Waals surface area (Å²) < 4.78 is 13.4. The van der Waals surface area contributed by atoms with E-state index in [2.05, 4.69) is 42.7 Å². The van der Waals surface area contributed by atoms with Crippen molar-refractivity contribution in [1.82, 2.24) is 4.90 Å². The van der Waals surface area contributed by atoms with Crippen molar-refractivity contribution in [2.45, 2.75) is 78.1 Å². The Balaban J connectivity index is 1.47. The number of hydrogen-bond acceptors (Lipinski definition) is 2. The van der Waals surface area contributed by atoms with E-state index in [1.54, 1.807) is 6.20 Å². The Morgan fingerprint density at radius 1 is 1.23 bits per heavy atom. The average Bonchev–Trinajstić information content (AvgIpc) is 3.11. The summed E-state index contributed by atoms with van der Waals surface area (Å²) in [6.07, 6.45) is 17.7. The molecule has 3 aliphatic carbocycles. The van der Waals surface area contributed by atoms with Gasteiger partial charge < -0.3 is 10.6 Å². The SMILES string of the molecule is CC1=C(C(=C/N)/C=C2\CC(C#CC=C3CCC3)CN2CC2CCC(C)(CF)CC2)CC1. The third kappa shape index (κ3) is 5.28. The normalized spacial score (nSPS) is 32.5. The number of hydrogen-bond donors (Lipinski definition) is 1. The molecular weight excluding hydrogens is 383 g/mol. The van der Waals surface area contributed by atoms with Crippen LogP contribution >= 0.6 is 0 Å². The van der Waals surface area contributed by atoms with Gasteiger partial charge in [0, 0.05) is 37.3 Å². The van der Waals surface area contributed by atoms with E-state index >= 15 is 0 Å². The molecule has 1 saturated heterocycles. The molecule has 1 atom stereocenters. The Hall–Kier alpha value is -1.95. The van der Waals surface area contributed by atoms with Crippen molar-refractivity contribution in [1.29, 1.82) is 0 Å². The van der Waals surface area contributed by atoms with Gasteiger partial charge in [-0.05, 0) is 99.3 Å². The van der Waals surface area contributed by atoms with Crippen molar-refractivity contribution >= 4 is 0 Å². The largest absolute Gasteiger partial charge is 0.404 e. The zero-order valence-corrected chi connectivity index (χ0v) is 19.5. The molecule has 2 nitrogen and oxygen atoms in total. The van der Waals surface area contributed by atoms with Gasteiger partial charge >= 0.3 is 0 Å². The molecule has 0 bridgehead atoms. The minimum Gasteiger partial charge on any atom is -0.404 e. The summed E-state index contributed by atoms with van der Waals surface area (Å²) in [5, 5.41) is 0. The number of allylic oxidation sites excluding steroid dienone is 7. The second kappa shape index (κ2) is 9.68.